The summed E-state index contributed by atoms with van der Waals surface area (Å²) in [6, 6.07) is 2.73. The monoisotopic (exact) mass is 347 g/mol. The van der Waals surface area contributed by atoms with Gasteiger partial charge in [0.1, 0.15) is 11.8 Å². The minimum atomic E-state index is -0.597. The maximum atomic E-state index is 12.3. The number of rotatable bonds is 4. The van der Waals surface area contributed by atoms with Crippen molar-refractivity contribution < 1.29 is 18.7 Å². The van der Waals surface area contributed by atoms with Crippen molar-refractivity contribution in [3.8, 4) is 10.8 Å². The zero-order valence-electron chi connectivity index (χ0n) is 13.5. The Morgan fingerprint density at radius 3 is 2.88 bits per heavy atom. The summed E-state index contributed by atoms with van der Waals surface area (Å²) in [6.45, 7) is 5.53. The smallest absolute Gasteiger partial charge is 0.338 e. The van der Waals surface area contributed by atoms with Crippen molar-refractivity contribution in [2.45, 2.75) is 26.8 Å². The van der Waals surface area contributed by atoms with Crippen molar-refractivity contribution in [1.29, 1.82) is 0 Å². The zero-order valence-corrected chi connectivity index (χ0v) is 14.3. The number of thiazole rings is 1. The minimum Gasteiger partial charge on any atom is -0.463 e. The van der Waals surface area contributed by atoms with E-state index in [1.165, 1.54) is 11.3 Å². The molecule has 24 heavy (non-hydrogen) atoms. The fourth-order valence-corrected chi connectivity index (χ4v) is 3.41. The van der Waals surface area contributed by atoms with Crippen LogP contribution in [0.3, 0.4) is 0 Å². The van der Waals surface area contributed by atoms with E-state index in [0.717, 1.165) is 10.6 Å². The minimum absolute atomic E-state index is 0.260. The Morgan fingerprint density at radius 2 is 2.21 bits per heavy atom. The van der Waals surface area contributed by atoms with Crippen LogP contribution in [0.4, 0.5) is 4.79 Å². The second-order valence-corrected chi connectivity index (χ2v) is 6.33. The van der Waals surface area contributed by atoms with Gasteiger partial charge in [0.2, 0.25) is 0 Å². The quantitative estimate of drug-likeness (QED) is 0.830. The molecule has 2 aromatic rings. The summed E-state index contributed by atoms with van der Waals surface area (Å²) in [5.74, 6) is 0.985. The van der Waals surface area contributed by atoms with E-state index in [-0.39, 0.29) is 12.6 Å². The van der Waals surface area contributed by atoms with Crippen LogP contribution in [0.1, 0.15) is 30.5 Å². The molecule has 0 unspecified atom stereocenters. The van der Waals surface area contributed by atoms with Gasteiger partial charge in [-0.15, -0.1) is 11.3 Å². The van der Waals surface area contributed by atoms with Crippen molar-refractivity contribution >= 4 is 23.3 Å². The van der Waals surface area contributed by atoms with Crippen molar-refractivity contribution in [3.63, 3.8) is 0 Å². The molecule has 126 valence electrons. The van der Waals surface area contributed by atoms with Crippen molar-refractivity contribution in [3.05, 3.63) is 40.2 Å². The van der Waals surface area contributed by atoms with Crippen LogP contribution in [0, 0.1) is 6.92 Å². The number of nitrogens with one attached hydrogen (secondary N) is 2. The molecule has 0 aliphatic carbocycles. The van der Waals surface area contributed by atoms with E-state index in [9.17, 15) is 9.59 Å². The molecule has 0 aromatic carbocycles. The van der Waals surface area contributed by atoms with E-state index in [1.807, 2.05) is 19.1 Å². The third-order valence-electron chi connectivity index (χ3n) is 3.52. The van der Waals surface area contributed by atoms with Crippen LogP contribution in [0.15, 0.2) is 34.0 Å². The molecule has 0 fully saturated rings. The number of ether oxygens (including phenoxy) is 1. The van der Waals surface area contributed by atoms with Crippen LogP contribution in [0.5, 0.6) is 0 Å². The van der Waals surface area contributed by atoms with E-state index in [4.69, 9.17) is 9.15 Å². The first kappa shape index (κ1) is 16.3. The number of amides is 2. The molecule has 3 heterocycles. The van der Waals surface area contributed by atoms with E-state index in [1.54, 1.807) is 20.0 Å². The fraction of sp³-hybridized carbons (Fsp3) is 0.312. The van der Waals surface area contributed by atoms with Crippen LogP contribution in [0.25, 0.3) is 10.8 Å². The lowest BCUT2D eigenvalue weighted by molar-refractivity contribution is -0.139. The zero-order chi connectivity index (χ0) is 17.3. The number of urea groups is 1. The first-order valence-electron chi connectivity index (χ1n) is 7.47. The maximum absolute atomic E-state index is 12.3. The average molecular weight is 347 g/mol. The number of furan rings is 1. The molecule has 1 aliphatic heterocycles. The number of allylic oxidation sites excluding steroid dienone is 1. The molecule has 7 nitrogen and oxygen atoms in total. The molecular formula is C16H17N3O4S. The van der Waals surface area contributed by atoms with Crippen molar-refractivity contribution in [1.82, 2.24) is 15.6 Å². The van der Waals surface area contributed by atoms with Gasteiger partial charge in [0.15, 0.2) is 10.8 Å². The van der Waals surface area contributed by atoms with Gasteiger partial charge in [-0.05, 0) is 32.9 Å². The summed E-state index contributed by atoms with van der Waals surface area (Å²) in [7, 11) is 0. The summed E-state index contributed by atoms with van der Waals surface area (Å²) < 4.78 is 10.7. The molecule has 0 saturated carbocycles. The maximum Gasteiger partial charge on any atom is 0.338 e. The largest absolute Gasteiger partial charge is 0.463 e. The van der Waals surface area contributed by atoms with Gasteiger partial charge in [-0.2, -0.15) is 0 Å². The van der Waals surface area contributed by atoms with Crippen molar-refractivity contribution in [2.24, 2.45) is 0 Å². The summed E-state index contributed by atoms with van der Waals surface area (Å²) in [5.41, 5.74) is 0.855. The highest BCUT2D eigenvalue weighted by molar-refractivity contribution is 7.15. The fourth-order valence-electron chi connectivity index (χ4n) is 2.47. The highest BCUT2D eigenvalue weighted by Gasteiger charge is 2.33. The second-order valence-electron chi connectivity index (χ2n) is 5.27. The summed E-state index contributed by atoms with van der Waals surface area (Å²) in [6.07, 6.45) is 1.64. The van der Waals surface area contributed by atoms with Gasteiger partial charge in [-0.25, -0.2) is 14.6 Å². The molecule has 1 atom stereocenters. The molecule has 0 radical (unpaired) electrons. The van der Waals surface area contributed by atoms with Gasteiger partial charge in [-0.1, -0.05) is 0 Å². The Balaban J connectivity index is 1.96. The Kier molecular flexibility index (Phi) is 4.39. The first-order valence-corrected chi connectivity index (χ1v) is 8.29. The third kappa shape index (κ3) is 3.05. The van der Waals surface area contributed by atoms with Gasteiger partial charge in [-0.3, -0.25) is 0 Å². The predicted octanol–water partition coefficient (Wildman–Crippen LogP) is 2.90. The van der Waals surface area contributed by atoms with Gasteiger partial charge in [0.05, 0.1) is 17.1 Å². The van der Waals surface area contributed by atoms with Crippen LogP contribution in [-0.2, 0) is 9.53 Å². The molecule has 2 N–H and O–H groups in total. The lowest BCUT2D eigenvalue weighted by Crippen LogP contribution is -2.45. The number of esters is 1. The molecule has 0 spiro atoms. The predicted molar refractivity (Wildman–Crippen MR) is 88.3 cm³/mol. The number of aryl methyl sites for hydroxylation is 1. The number of carbonyl (C=O) groups is 2. The summed E-state index contributed by atoms with van der Waals surface area (Å²) in [5, 5.41) is 6.04. The van der Waals surface area contributed by atoms with E-state index < -0.39 is 12.0 Å². The van der Waals surface area contributed by atoms with Gasteiger partial charge < -0.3 is 19.8 Å². The number of nitrogens with zero attached hydrogens (tertiary/aromatic N) is 1. The second kappa shape index (κ2) is 6.48. The van der Waals surface area contributed by atoms with Crippen LogP contribution in [0.2, 0.25) is 0 Å². The highest BCUT2D eigenvalue weighted by Crippen LogP contribution is 2.35. The van der Waals surface area contributed by atoms with Gasteiger partial charge >= 0.3 is 12.0 Å². The first-order chi connectivity index (χ1) is 11.5. The summed E-state index contributed by atoms with van der Waals surface area (Å²) >= 11 is 1.36. The molecule has 3 rings (SSSR count). The SMILES string of the molecule is CCOC(=O)C1=C(C)NC(=O)N[C@H]1c1cnc(-c2ccc(C)o2)s1. The topological polar surface area (TPSA) is 93.5 Å². The Labute approximate surface area is 142 Å². The molecule has 1 aliphatic rings. The Morgan fingerprint density at radius 1 is 1.42 bits per heavy atom. The molecule has 2 amide bonds. The lowest BCUT2D eigenvalue weighted by Gasteiger charge is -2.26. The normalized spacial score (nSPS) is 17.5. The lowest BCUT2D eigenvalue weighted by atomic mass is 10.0. The van der Waals surface area contributed by atoms with Gasteiger partial charge in [0, 0.05) is 11.9 Å². The number of aromatic nitrogens is 1. The molecule has 2 aromatic heterocycles. The average Bonchev–Trinajstić information content (AvgIpc) is 3.15. The molecule has 0 bridgehead atoms. The van der Waals surface area contributed by atoms with E-state index in [0.29, 0.717) is 22.0 Å². The molecule has 8 heteroatoms. The molecule has 0 saturated heterocycles. The van der Waals surface area contributed by atoms with Crippen LogP contribution < -0.4 is 10.6 Å². The third-order valence-corrected chi connectivity index (χ3v) is 4.60. The van der Waals surface area contributed by atoms with Crippen molar-refractivity contribution in [2.75, 3.05) is 6.61 Å². The Hall–Kier alpha value is -2.61. The van der Waals surface area contributed by atoms with E-state index >= 15 is 0 Å². The van der Waals surface area contributed by atoms with E-state index in [2.05, 4.69) is 15.6 Å². The van der Waals surface area contributed by atoms with Crippen LogP contribution >= 0.6 is 11.3 Å². The molecular weight excluding hydrogens is 330 g/mol. The van der Waals surface area contributed by atoms with Gasteiger partial charge in [0.25, 0.3) is 0 Å². The highest BCUT2D eigenvalue weighted by atomic mass is 32.1. The number of carbonyl (C=O) groups excluding carboxylic acids is 2. The standard InChI is InChI=1S/C16H17N3O4S/c1-4-22-15(20)12-9(3)18-16(21)19-13(12)11-7-17-14(24-11)10-6-5-8(2)23-10/h5-7,13H,4H2,1-3H3,(H2,18,19,21)/t13-/m0/s1. The number of hydrogen-bond donors (Lipinski definition) is 2. The Bertz CT molecular complexity index is 821. The van der Waals surface area contributed by atoms with Crippen LogP contribution in [-0.4, -0.2) is 23.6 Å². The summed E-state index contributed by atoms with van der Waals surface area (Å²) in [4.78, 5) is 29.2. The number of hydrogen-bond acceptors (Lipinski definition) is 6.